The van der Waals surface area contributed by atoms with Crippen LogP contribution < -0.4 is 10.1 Å². The molecule has 0 radical (unpaired) electrons. The molecule has 1 aromatic heterocycles. The van der Waals surface area contributed by atoms with Crippen molar-refractivity contribution in [3.05, 3.63) is 16.3 Å². The van der Waals surface area contributed by atoms with Crippen LogP contribution in [0.5, 0.6) is 5.75 Å². The van der Waals surface area contributed by atoms with Gasteiger partial charge in [-0.1, -0.05) is 0 Å². The van der Waals surface area contributed by atoms with E-state index in [1.165, 1.54) is 11.3 Å². The molecule has 0 aliphatic carbocycles. The molecule has 0 aromatic carbocycles. The Labute approximate surface area is 121 Å². The molecule has 2 fully saturated rings. The maximum absolute atomic E-state index is 12.5. The lowest BCUT2D eigenvalue weighted by Crippen LogP contribution is -2.55. The van der Waals surface area contributed by atoms with E-state index in [1.807, 2.05) is 16.3 Å². The van der Waals surface area contributed by atoms with Crippen LogP contribution in [-0.2, 0) is 4.79 Å². The van der Waals surface area contributed by atoms with E-state index in [0.29, 0.717) is 29.5 Å². The third-order valence-corrected chi connectivity index (χ3v) is 5.04. The summed E-state index contributed by atoms with van der Waals surface area (Å²) in [5.74, 6) is 1.23. The first-order valence-electron chi connectivity index (χ1n) is 6.89. The van der Waals surface area contributed by atoms with Crippen molar-refractivity contribution in [2.45, 2.75) is 25.3 Å². The molecule has 0 spiro atoms. The summed E-state index contributed by atoms with van der Waals surface area (Å²) in [4.78, 5) is 26.5. The average molecular weight is 294 g/mol. The third kappa shape index (κ3) is 2.40. The molecule has 6 heteroatoms. The molecule has 5 nitrogen and oxygen atoms in total. The van der Waals surface area contributed by atoms with Gasteiger partial charge in [0.15, 0.2) is 0 Å². The van der Waals surface area contributed by atoms with Gasteiger partial charge >= 0.3 is 0 Å². The number of carbonyl (C=O) groups is 2. The van der Waals surface area contributed by atoms with Crippen molar-refractivity contribution in [2.24, 2.45) is 5.92 Å². The monoisotopic (exact) mass is 294 g/mol. The second kappa shape index (κ2) is 5.44. The van der Waals surface area contributed by atoms with E-state index in [-0.39, 0.29) is 17.9 Å². The zero-order valence-corrected chi connectivity index (χ0v) is 12.2. The molecule has 108 valence electrons. The number of ether oxygens (including phenoxy) is 1. The van der Waals surface area contributed by atoms with E-state index in [9.17, 15) is 9.59 Å². The fraction of sp³-hybridized carbons (Fsp3) is 0.571. The van der Waals surface area contributed by atoms with Crippen LogP contribution in [0.25, 0.3) is 0 Å². The smallest absolute Gasteiger partial charge is 0.267 e. The molecule has 2 atom stereocenters. The van der Waals surface area contributed by atoms with E-state index in [4.69, 9.17) is 4.74 Å². The second-order valence-corrected chi connectivity index (χ2v) is 6.25. The van der Waals surface area contributed by atoms with Crippen LogP contribution in [-0.4, -0.2) is 43.0 Å². The minimum Gasteiger partial charge on any atom is -0.495 e. The highest BCUT2D eigenvalue weighted by Crippen LogP contribution is 2.30. The Morgan fingerprint density at radius 3 is 3.15 bits per heavy atom. The molecular formula is C14H18N2O3S. The van der Waals surface area contributed by atoms with Gasteiger partial charge in [-0.3, -0.25) is 9.59 Å². The van der Waals surface area contributed by atoms with Gasteiger partial charge in [-0.2, -0.15) is 0 Å². The molecule has 0 saturated carbocycles. The highest BCUT2D eigenvalue weighted by atomic mass is 32.1. The average Bonchev–Trinajstić information content (AvgIpc) is 2.94. The summed E-state index contributed by atoms with van der Waals surface area (Å²) in [7, 11) is 1.59. The van der Waals surface area contributed by atoms with Crippen molar-refractivity contribution in [1.29, 1.82) is 0 Å². The van der Waals surface area contributed by atoms with Crippen molar-refractivity contribution in [2.75, 3.05) is 20.2 Å². The van der Waals surface area contributed by atoms with Gasteiger partial charge in [-0.05, 0) is 30.2 Å². The largest absolute Gasteiger partial charge is 0.495 e. The first kappa shape index (κ1) is 13.4. The van der Waals surface area contributed by atoms with Crippen LogP contribution in [0.1, 0.15) is 28.9 Å². The number of fused-ring (bicyclic) bond motifs is 1. The fourth-order valence-corrected chi connectivity index (χ4v) is 3.88. The third-order valence-electron chi connectivity index (χ3n) is 4.15. The molecule has 1 N–H and O–H groups in total. The van der Waals surface area contributed by atoms with Gasteiger partial charge in [0.1, 0.15) is 10.6 Å². The van der Waals surface area contributed by atoms with E-state index < -0.39 is 0 Å². The number of nitrogens with one attached hydrogen (secondary N) is 1. The minimum absolute atomic E-state index is 0.0483. The molecule has 20 heavy (non-hydrogen) atoms. The Hall–Kier alpha value is -1.56. The number of hydrogen-bond acceptors (Lipinski definition) is 4. The molecule has 2 amide bonds. The van der Waals surface area contributed by atoms with Crippen LogP contribution in [0.4, 0.5) is 0 Å². The summed E-state index contributed by atoms with van der Waals surface area (Å²) >= 11 is 1.42. The van der Waals surface area contributed by atoms with Gasteiger partial charge in [0.2, 0.25) is 5.91 Å². The van der Waals surface area contributed by atoms with Crippen molar-refractivity contribution < 1.29 is 14.3 Å². The van der Waals surface area contributed by atoms with Crippen LogP contribution in [0.3, 0.4) is 0 Å². The highest BCUT2D eigenvalue weighted by Gasteiger charge is 2.36. The summed E-state index contributed by atoms with van der Waals surface area (Å²) in [5.41, 5.74) is 0. The number of piperidine rings is 2. The number of rotatable bonds is 2. The van der Waals surface area contributed by atoms with Gasteiger partial charge < -0.3 is 15.0 Å². The molecular weight excluding hydrogens is 276 g/mol. The molecule has 3 rings (SSSR count). The van der Waals surface area contributed by atoms with Crippen molar-refractivity contribution in [3.8, 4) is 5.75 Å². The lowest BCUT2D eigenvalue weighted by molar-refractivity contribution is -0.125. The van der Waals surface area contributed by atoms with Crippen LogP contribution >= 0.6 is 11.3 Å². The quantitative estimate of drug-likeness (QED) is 0.899. The Morgan fingerprint density at radius 2 is 2.35 bits per heavy atom. The maximum atomic E-state index is 12.5. The summed E-state index contributed by atoms with van der Waals surface area (Å²) < 4.78 is 5.22. The van der Waals surface area contributed by atoms with E-state index in [0.717, 1.165) is 19.4 Å². The van der Waals surface area contributed by atoms with Crippen molar-refractivity contribution in [3.63, 3.8) is 0 Å². The summed E-state index contributed by atoms with van der Waals surface area (Å²) in [6, 6.07) is 2.07. The molecule has 2 aliphatic heterocycles. The zero-order valence-electron chi connectivity index (χ0n) is 11.4. The molecule has 0 bridgehead atoms. The van der Waals surface area contributed by atoms with Gasteiger partial charge in [0, 0.05) is 25.6 Å². The number of hydrogen-bond donors (Lipinski definition) is 1. The Balaban J connectivity index is 1.70. The summed E-state index contributed by atoms with van der Waals surface area (Å²) in [5, 5.41) is 4.91. The molecule has 2 aliphatic rings. The van der Waals surface area contributed by atoms with Gasteiger partial charge in [0.05, 0.1) is 7.11 Å². The molecule has 2 unspecified atom stereocenters. The van der Waals surface area contributed by atoms with Crippen molar-refractivity contribution in [1.82, 2.24) is 10.2 Å². The topological polar surface area (TPSA) is 58.6 Å². The number of amides is 2. The Bertz CT molecular complexity index is 528. The van der Waals surface area contributed by atoms with E-state index >= 15 is 0 Å². The number of methoxy groups -OCH3 is 1. The molecule has 2 saturated heterocycles. The molecule has 1 aromatic rings. The predicted molar refractivity (Wildman–Crippen MR) is 76.0 cm³/mol. The maximum Gasteiger partial charge on any atom is 0.267 e. The number of carbonyl (C=O) groups excluding carboxylic acids is 2. The lowest BCUT2D eigenvalue weighted by atomic mass is 9.85. The van der Waals surface area contributed by atoms with Crippen LogP contribution in [0.2, 0.25) is 0 Å². The lowest BCUT2D eigenvalue weighted by Gasteiger charge is -2.41. The van der Waals surface area contributed by atoms with Gasteiger partial charge in [-0.15, -0.1) is 11.3 Å². The minimum atomic E-state index is 0.0483. The first-order chi connectivity index (χ1) is 9.69. The number of nitrogens with zero attached hydrogens (tertiary/aromatic N) is 1. The highest BCUT2D eigenvalue weighted by molar-refractivity contribution is 7.12. The number of thiophene rings is 1. The molecule has 3 heterocycles. The second-order valence-electron chi connectivity index (χ2n) is 5.33. The van der Waals surface area contributed by atoms with Gasteiger partial charge in [0.25, 0.3) is 5.91 Å². The van der Waals surface area contributed by atoms with E-state index in [1.54, 1.807) is 7.11 Å². The normalized spacial score (nSPS) is 25.9. The Morgan fingerprint density at radius 1 is 1.50 bits per heavy atom. The first-order valence-corrected chi connectivity index (χ1v) is 7.77. The van der Waals surface area contributed by atoms with Crippen LogP contribution in [0, 0.1) is 5.92 Å². The standard InChI is InChI=1S/C14H18N2O3S/c1-19-11-5-7-20-13(11)14(18)16-6-4-10-9(8-16)2-3-12(17)15-10/h5,7,9-10H,2-4,6,8H2,1H3,(H,15,17). The number of likely N-dealkylation sites (tertiary alicyclic amines) is 1. The van der Waals surface area contributed by atoms with Crippen LogP contribution in [0.15, 0.2) is 11.4 Å². The fourth-order valence-electron chi connectivity index (χ4n) is 3.05. The zero-order chi connectivity index (χ0) is 14.1. The predicted octanol–water partition coefficient (Wildman–Crippen LogP) is 1.50. The SMILES string of the molecule is COc1ccsc1C(=O)N1CCC2NC(=O)CCC2C1. The van der Waals surface area contributed by atoms with Gasteiger partial charge in [-0.25, -0.2) is 0 Å². The summed E-state index contributed by atoms with van der Waals surface area (Å²) in [6.45, 7) is 1.42. The van der Waals surface area contributed by atoms with Crippen molar-refractivity contribution >= 4 is 23.2 Å². The summed E-state index contributed by atoms with van der Waals surface area (Å²) in [6.07, 6.45) is 2.29. The Kier molecular flexibility index (Phi) is 3.65. The van der Waals surface area contributed by atoms with E-state index in [2.05, 4.69) is 5.32 Å².